The fourth-order valence-electron chi connectivity index (χ4n) is 4.83. The molecule has 0 spiro atoms. The molecule has 2 aliphatic heterocycles. The maximum atomic E-state index is 13.5. The van der Waals surface area contributed by atoms with Crippen molar-refractivity contribution < 1.29 is 33.2 Å². The fraction of sp³-hybridized carbons (Fsp3) is 0.739. The lowest BCUT2D eigenvalue weighted by atomic mass is 10.0. The first kappa shape index (κ1) is 26.4. The molecule has 0 radical (unpaired) electrons. The smallest absolute Gasteiger partial charge is 0.409 e. The quantitative estimate of drug-likeness (QED) is 0.345. The Balaban J connectivity index is 1.87. The molecule has 34 heavy (non-hydrogen) atoms. The molecule has 11 heteroatoms. The van der Waals surface area contributed by atoms with Gasteiger partial charge < -0.3 is 29.5 Å². The predicted molar refractivity (Wildman–Crippen MR) is 126 cm³/mol. The molecule has 10 nitrogen and oxygen atoms in total. The first-order chi connectivity index (χ1) is 16.4. The maximum Gasteiger partial charge on any atom is 0.409 e. The van der Waals surface area contributed by atoms with E-state index in [0.717, 1.165) is 32.1 Å². The molecule has 3 aliphatic rings. The van der Waals surface area contributed by atoms with Gasteiger partial charge in [0.2, 0.25) is 11.8 Å². The summed E-state index contributed by atoms with van der Waals surface area (Å²) >= 11 is 0. The molecular formula is C23H36N3O7P. The molecule has 1 unspecified atom stereocenters. The van der Waals surface area contributed by atoms with Crippen LogP contribution in [0.5, 0.6) is 0 Å². The van der Waals surface area contributed by atoms with Gasteiger partial charge in [-0.15, -0.1) is 0 Å². The largest absolute Gasteiger partial charge is 0.464 e. The standard InChI is InChI=1S/C23H36N3O7P/c1-3-32-21(29)23-13-15(23)10-8-6-4-5-7-9-11-17(24-22(30)33-34)20(28)26-14-16(31-2)12-18(26)19(27)25-23/h8,10,15-18H,3-7,9,11-14,34H2,1-2H3,(H,24,30)(H,25,27)/b10-8-/t15-,16-,17+,18+,23-/m1/s1. The zero-order chi connectivity index (χ0) is 24.7. The summed E-state index contributed by atoms with van der Waals surface area (Å²) in [4.78, 5) is 53.1. The molecule has 2 fully saturated rings. The Hall–Kier alpha value is -2.19. The van der Waals surface area contributed by atoms with Crippen LogP contribution in [0, 0.1) is 5.92 Å². The van der Waals surface area contributed by atoms with Crippen LogP contribution in [0.15, 0.2) is 12.2 Å². The summed E-state index contributed by atoms with van der Waals surface area (Å²) < 4.78 is 15.4. The third-order valence-electron chi connectivity index (χ3n) is 6.86. The summed E-state index contributed by atoms with van der Waals surface area (Å²) in [5.41, 5.74) is -1.11. The minimum absolute atomic E-state index is 0.140. The van der Waals surface area contributed by atoms with Gasteiger partial charge in [-0.2, -0.15) is 0 Å². The minimum Gasteiger partial charge on any atom is -0.464 e. The molecule has 1 saturated carbocycles. The van der Waals surface area contributed by atoms with Crippen molar-refractivity contribution >= 4 is 33.3 Å². The summed E-state index contributed by atoms with van der Waals surface area (Å²) in [5.74, 6) is -1.38. The van der Waals surface area contributed by atoms with Crippen LogP contribution in [-0.4, -0.2) is 72.8 Å². The number of hydrogen-bond donors (Lipinski definition) is 2. The average molecular weight is 498 g/mol. The van der Waals surface area contributed by atoms with Gasteiger partial charge in [0.15, 0.2) is 0 Å². The Labute approximate surface area is 202 Å². The molecule has 190 valence electrons. The molecular weight excluding hydrogens is 461 g/mol. The number of carbonyl (C=O) groups excluding carboxylic acids is 4. The number of allylic oxidation sites excluding steroid dienone is 1. The second kappa shape index (κ2) is 12.0. The van der Waals surface area contributed by atoms with Gasteiger partial charge in [-0.25, -0.2) is 9.59 Å². The van der Waals surface area contributed by atoms with Gasteiger partial charge in [0, 0.05) is 26.0 Å². The molecule has 0 aromatic heterocycles. The normalized spacial score (nSPS) is 33.2. The van der Waals surface area contributed by atoms with Gasteiger partial charge in [-0.3, -0.25) is 9.59 Å². The summed E-state index contributed by atoms with van der Waals surface area (Å²) in [7, 11) is 3.40. The Morgan fingerprint density at radius 1 is 1.26 bits per heavy atom. The lowest BCUT2D eigenvalue weighted by molar-refractivity contribution is -0.150. The Morgan fingerprint density at radius 3 is 2.74 bits per heavy atom. The molecule has 3 amide bonds. The van der Waals surface area contributed by atoms with E-state index in [0.29, 0.717) is 19.3 Å². The second-order valence-corrected chi connectivity index (χ2v) is 9.35. The molecule has 1 saturated heterocycles. The van der Waals surface area contributed by atoms with Crippen LogP contribution >= 0.6 is 9.47 Å². The molecule has 6 atom stereocenters. The number of carbonyl (C=O) groups is 4. The van der Waals surface area contributed by atoms with Crippen LogP contribution in [0.2, 0.25) is 0 Å². The summed E-state index contributed by atoms with van der Waals surface area (Å²) in [6, 6.07) is -1.64. The summed E-state index contributed by atoms with van der Waals surface area (Å²) in [5, 5.41) is 5.52. The number of rotatable bonds is 4. The molecule has 0 aromatic rings. The highest BCUT2D eigenvalue weighted by Gasteiger charge is 2.62. The Bertz CT molecular complexity index is 807. The maximum absolute atomic E-state index is 13.5. The third-order valence-corrected chi connectivity index (χ3v) is 7.08. The number of methoxy groups -OCH3 is 1. The number of nitrogens with one attached hydrogen (secondary N) is 2. The summed E-state index contributed by atoms with van der Waals surface area (Å²) in [6.07, 6.45) is 8.70. The van der Waals surface area contributed by atoms with Gasteiger partial charge in [-0.1, -0.05) is 31.4 Å². The van der Waals surface area contributed by atoms with E-state index in [4.69, 9.17) is 9.47 Å². The van der Waals surface area contributed by atoms with Crippen LogP contribution in [0.1, 0.15) is 58.3 Å². The van der Waals surface area contributed by atoms with Crippen molar-refractivity contribution in [2.75, 3.05) is 20.3 Å². The van der Waals surface area contributed by atoms with Gasteiger partial charge in [0.25, 0.3) is 0 Å². The number of esters is 1. The number of fused-ring (bicyclic) bond motifs is 2. The van der Waals surface area contributed by atoms with E-state index in [2.05, 4.69) is 21.2 Å². The highest BCUT2D eigenvalue weighted by molar-refractivity contribution is 7.10. The van der Waals surface area contributed by atoms with Crippen molar-refractivity contribution in [1.82, 2.24) is 15.5 Å². The van der Waals surface area contributed by atoms with Crippen LogP contribution in [0.25, 0.3) is 0 Å². The van der Waals surface area contributed by atoms with Crippen molar-refractivity contribution in [2.45, 2.75) is 82.0 Å². The van der Waals surface area contributed by atoms with E-state index in [1.54, 1.807) is 6.92 Å². The zero-order valence-electron chi connectivity index (χ0n) is 19.9. The van der Waals surface area contributed by atoms with Crippen molar-refractivity contribution in [3.8, 4) is 0 Å². The first-order valence-electron chi connectivity index (χ1n) is 12.0. The van der Waals surface area contributed by atoms with E-state index < -0.39 is 35.6 Å². The van der Waals surface area contributed by atoms with E-state index >= 15 is 0 Å². The van der Waals surface area contributed by atoms with Gasteiger partial charge in [0.1, 0.15) is 17.6 Å². The average Bonchev–Trinajstić information content (AvgIpc) is 3.34. The van der Waals surface area contributed by atoms with Gasteiger partial charge in [0.05, 0.1) is 22.2 Å². The molecule has 3 rings (SSSR count). The van der Waals surface area contributed by atoms with Gasteiger partial charge in [-0.05, 0) is 32.6 Å². The third kappa shape index (κ3) is 6.08. The van der Waals surface area contributed by atoms with E-state index in [1.165, 1.54) is 12.0 Å². The molecule has 1 aliphatic carbocycles. The lowest BCUT2D eigenvalue weighted by Crippen LogP contribution is -2.56. The topological polar surface area (TPSA) is 123 Å². The highest BCUT2D eigenvalue weighted by Crippen LogP contribution is 2.46. The Kier molecular flexibility index (Phi) is 9.31. The van der Waals surface area contributed by atoms with Crippen molar-refractivity contribution in [2.24, 2.45) is 5.92 Å². The predicted octanol–water partition coefficient (Wildman–Crippen LogP) is 1.84. The monoisotopic (exact) mass is 497 g/mol. The fourth-order valence-corrected chi connectivity index (χ4v) is 4.90. The molecule has 0 aromatic carbocycles. The zero-order valence-corrected chi connectivity index (χ0v) is 21.1. The van der Waals surface area contributed by atoms with Crippen LogP contribution < -0.4 is 10.6 Å². The second-order valence-electron chi connectivity index (χ2n) is 9.11. The number of hydrogen-bond acceptors (Lipinski definition) is 7. The lowest BCUT2D eigenvalue weighted by Gasteiger charge is -2.29. The van der Waals surface area contributed by atoms with Crippen LogP contribution in [-0.2, 0) is 28.4 Å². The minimum atomic E-state index is -1.11. The van der Waals surface area contributed by atoms with E-state index in [1.807, 2.05) is 15.5 Å². The number of nitrogens with zero attached hydrogens (tertiary/aromatic N) is 1. The molecule has 2 heterocycles. The number of ether oxygens (including phenoxy) is 2. The number of amides is 3. The Morgan fingerprint density at radius 2 is 2.03 bits per heavy atom. The van der Waals surface area contributed by atoms with Crippen molar-refractivity contribution in [3.05, 3.63) is 12.2 Å². The van der Waals surface area contributed by atoms with Crippen molar-refractivity contribution in [1.29, 1.82) is 0 Å². The summed E-state index contributed by atoms with van der Waals surface area (Å²) in [6.45, 7) is 2.16. The van der Waals surface area contributed by atoms with Crippen LogP contribution in [0.4, 0.5) is 4.79 Å². The van der Waals surface area contributed by atoms with Crippen molar-refractivity contribution in [3.63, 3.8) is 0 Å². The first-order valence-corrected chi connectivity index (χ1v) is 12.5. The molecule has 0 bridgehead atoms. The molecule has 2 N–H and O–H groups in total. The SMILES string of the molecule is CCOC(=O)[C@@]12C[C@H]1/C=C\CCCCCC[C@H](NC(=O)OP)C(=O)N1C[C@H](OC)C[C@H]1C(=O)N2. The van der Waals surface area contributed by atoms with Gasteiger partial charge >= 0.3 is 12.1 Å². The van der Waals surface area contributed by atoms with E-state index in [-0.39, 0.29) is 31.1 Å². The van der Waals surface area contributed by atoms with E-state index in [9.17, 15) is 19.2 Å². The van der Waals surface area contributed by atoms with Crippen LogP contribution in [0.3, 0.4) is 0 Å². The highest BCUT2D eigenvalue weighted by atomic mass is 31.0.